The van der Waals surface area contributed by atoms with Crippen molar-refractivity contribution in [3.05, 3.63) is 86.8 Å². The molecular weight excluding hydrogens is 322 g/mol. The minimum Gasteiger partial charge on any atom is -0.306 e. The molecule has 4 heteroatoms. The van der Waals surface area contributed by atoms with E-state index in [9.17, 15) is 4.79 Å². The van der Waals surface area contributed by atoms with E-state index in [1.165, 1.54) is 16.7 Å². The summed E-state index contributed by atoms with van der Waals surface area (Å²) in [4.78, 5) is 22.6. The fraction of sp³-hybridized carbons (Fsp3) is 0.273. The van der Waals surface area contributed by atoms with Crippen LogP contribution in [0, 0.1) is 13.8 Å². The highest BCUT2D eigenvalue weighted by Crippen LogP contribution is 2.20. The largest absolute Gasteiger partial charge is 0.306 e. The van der Waals surface area contributed by atoms with Crippen molar-refractivity contribution in [2.45, 2.75) is 33.4 Å². The van der Waals surface area contributed by atoms with Crippen molar-refractivity contribution in [2.75, 3.05) is 6.54 Å². The number of aromatic nitrogens is 2. The van der Waals surface area contributed by atoms with Gasteiger partial charge in [-0.05, 0) is 37.0 Å². The molecule has 0 saturated heterocycles. The Bertz CT molecular complexity index is 992. The van der Waals surface area contributed by atoms with Gasteiger partial charge in [-0.3, -0.25) is 9.69 Å². The van der Waals surface area contributed by atoms with Gasteiger partial charge >= 0.3 is 0 Å². The minimum absolute atomic E-state index is 0.000293. The molecule has 0 bridgehead atoms. The number of benzene rings is 2. The molecule has 2 heterocycles. The Morgan fingerprint density at radius 2 is 1.88 bits per heavy atom. The molecule has 26 heavy (non-hydrogen) atoms. The Morgan fingerprint density at radius 1 is 1.08 bits per heavy atom. The molecule has 1 aromatic heterocycles. The van der Waals surface area contributed by atoms with Crippen LogP contribution in [0.4, 0.5) is 0 Å². The van der Waals surface area contributed by atoms with Crippen molar-refractivity contribution in [3.63, 3.8) is 0 Å². The van der Waals surface area contributed by atoms with Gasteiger partial charge in [-0.25, -0.2) is 4.98 Å². The van der Waals surface area contributed by atoms with E-state index >= 15 is 0 Å². The topological polar surface area (TPSA) is 49.0 Å². The highest BCUT2D eigenvalue weighted by Gasteiger charge is 2.21. The van der Waals surface area contributed by atoms with Gasteiger partial charge in [-0.15, -0.1) is 0 Å². The first kappa shape index (κ1) is 16.7. The number of hydrogen-bond donors (Lipinski definition) is 1. The third-order valence-corrected chi connectivity index (χ3v) is 5.18. The highest BCUT2D eigenvalue weighted by atomic mass is 16.1. The van der Waals surface area contributed by atoms with Crippen LogP contribution in [-0.4, -0.2) is 21.4 Å². The maximum absolute atomic E-state index is 12.5. The molecule has 0 saturated carbocycles. The zero-order chi connectivity index (χ0) is 18.1. The summed E-state index contributed by atoms with van der Waals surface area (Å²) in [5.41, 5.74) is 6.63. The molecule has 1 aliphatic heterocycles. The molecule has 0 amide bonds. The number of nitrogens with zero attached hydrogens (tertiary/aromatic N) is 2. The molecule has 0 radical (unpaired) electrons. The van der Waals surface area contributed by atoms with Crippen LogP contribution in [0.5, 0.6) is 0 Å². The van der Waals surface area contributed by atoms with Gasteiger partial charge in [0, 0.05) is 30.8 Å². The van der Waals surface area contributed by atoms with Crippen molar-refractivity contribution < 1.29 is 0 Å². The van der Waals surface area contributed by atoms with E-state index in [2.05, 4.69) is 41.9 Å². The third kappa shape index (κ3) is 3.33. The number of H-pyrrole nitrogens is 1. The first-order valence-electron chi connectivity index (χ1n) is 9.06. The molecular formula is C22H23N3O. The van der Waals surface area contributed by atoms with Gasteiger partial charge in [0.1, 0.15) is 5.82 Å². The van der Waals surface area contributed by atoms with Gasteiger partial charge in [0.2, 0.25) is 0 Å². The number of aromatic amines is 1. The second kappa shape index (κ2) is 6.89. The summed E-state index contributed by atoms with van der Waals surface area (Å²) in [7, 11) is 0. The predicted molar refractivity (Wildman–Crippen MR) is 104 cm³/mol. The minimum atomic E-state index is -0.000293. The Balaban J connectivity index is 1.60. The number of fused-ring (bicyclic) bond motifs is 1. The first-order valence-corrected chi connectivity index (χ1v) is 9.06. The molecule has 4 nitrogen and oxygen atoms in total. The molecule has 4 rings (SSSR count). The van der Waals surface area contributed by atoms with E-state index in [1.807, 2.05) is 30.3 Å². The van der Waals surface area contributed by atoms with Crippen molar-refractivity contribution in [3.8, 4) is 11.4 Å². The van der Waals surface area contributed by atoms with E-state index < -0.39 is 0 Å². The molecule has 0 atom stereocenters. The molecule has 2 aromatic carbocycles. The van der Waals surface area contributed by atoms with Crippen LogP contribution in [0.3, 0.4) is 0 Å². The average molecular weight is 345 g/mol. The van der Waals surface area contributed by atoms with Gasteiger partial charge in [0.05, 0.1) is 5.69 Å². The van der Waals surface area contributed by atoms with Crippen LogP contribution in [0.15, 0.2) is 53.3 Å². The smallest absolute Gasteiger partial charge is 0.254 e. The van der Waals surface area contributed by atoms with E-state index in [1.54, 1.807) is 0 Å². The number of aryl methyl sites for hydroxylation is 2. The zero-order valence-corrected chi connectivity index (χ0v) is 15.2. The number of nitrogens with one attached hydrogen (secondary N) is 1. The van der Waals surface area contributed by atoms with Crippen molar-refractivity contribution >= 4 is 0 Å². The number of rotatable bonds is 3. The quantitative estimate of drug-likeness (QED) is 0.789. The lowest BCUT2D eigenvalue weighted by Crippen LogP contribution is -2.35. The van der Waals surface area contributed by atoms with Gasteiger partial charge in [0.25, 0.3) is 5.56 Å². The van der Waals surface area contributed by atoms with Gasteiger partial charge in [-0.2, -0.15) is 0 Å². The zero-order valence-electron chi connectivity index (χ0n) is 15.2. The normalized spacial score (nSPS) is 14.2. The summed E-state index contributed by atoms with van der Waals surface area (Å²) in [5, 5.41) is 0. The lowest BCUT2D eigenvalue weighted by molar-refractivity contribution is 0.240. The molecule has 0 aliphatic carbocycles. The summed E-state index contributed by atoms with van der Waals surface area (Å²) < 4.78 is 0. The van der Waals surface area contributed by atoms with E-state index in [0.717, 1.165) is 36.3 Å². The van der Waals surface area contributed by atoms with Crippen molar-refractivity contribution in [2.24, 2.45) is 0 Å². The van der Waals surface area contributed by atoms with E-state index in [4.69, 9.17) is 4.98 Å². The van der Waals surface area contributed by atoms with Crippen LogP contribution < -0.4 is 5.56 Å². The molecule has 1 N–H and O–H groups in total. The lowest BCUT2D eigenvalue weighted by atomic mass is 10.0. The second-order valence-corrected chi connectivity index (χ2v) is 7.09. The Kier molecular flexibility index (Phi) is 4.43. The molecule has 0 spiro atoms. The van der Waals surface area contributed by atoms with Gasteiger partial charge < -0.3 is 4.98 Å². The lowest BCUT2D eigenvalue weighted by Gasteiger charge is -2.28. The van der Waals surface area contributed by atoms with Crippen LogP contribution >= 0.6 is 0 Å². The SMILES string of the molecule is Cc1ccc(CN2CCc3c(nc(-c4ccccc4)[nH]c3=O)C2)cc1C. The van der Waals surface area contributed by atoms with E-state index in [-0.39, 0.29) is 5.56 Å². The number of hydrogen-bond acceptors (Lipinski definition) is 3. The predicted octanol–water partition coefficient (Wildman–Crippen LogP) is 3.61. The molecule has 1 aliphatic rings. The summed E-state index contributed by atoms with van der Waals surface area (Å²) in [5.74, 6) is 0.655. The highest BCUT2D eigenvalue weighted by molar-refractivity contribution is 5.54. The summed E-state index contributed by atoms with van der Waals surface area (Å²) in [6.45, 7) is 6.77. The Hall–Kier alpha value is -2.72. The molecule has 3 aromatic rings. The standard InChI is InChI=1S/C22H23N3O/c1-15-8-9-17(12-16(15)2)13-25-11-10-19-20(14-25)23-21(24-22(19)26)18-6-4-3-5-7-18/h3-9,12H,10-11,13-14H2,1-2H3,(H,23,24,26). The molecule has 0 fully saturated rings. The second-order valence-electron chi connectivity index (χ2n) is 7.09. The van der Waals surface area contributed by atoms with Crippen molar-refractivity contribution in [1.29, 1.82) is 0 Å². The van der Waals surface area contributed by atoms with Crippen LogP contribution in [0.25, 0.3) is 11.4 Å². The Morgan fingerprint density at radius 3 is 2.65 bits per heavy atom. The first-order chi connectivity index (χ1) is 12.6. The monoisotopic (exact) mass is 345 g/mol. The molecule has 132 valence electrons. The fourth-order valence-electron chi connectivity index (χ4n) is 3.52. The summed E-state index contributed by atoms with van der Waals surface area (Å²) in [6.07, 6.45) is 0.748. The summed E-state index contributed by atoms with van der Waals surface area (Å²) in [6, 6.07) is 16.5. The van der Waals surface area contributed by atoms with Gasteiger partial charge in [0.15, 0.2) is 0 Å². The van der Waals surface area contributed by atoms with Crippen LogP contribution in [0.1, 0.15) is 27.9 Å². The Labute approximate surface area is 153 Å². The fourth-order valence-corrected chi connectivity index (χ4v) is 3.52. The van der Waals surface area contributed by atoms with Crippen LogP contribution in [0.2, 0.25) is 0 Å². The van der Waals surface area contributed by atoms with Crippen molar-refractivity contribution in [1.82, 2.24) is 14.9 Å². The van der Waals surface area contributed by atoms with Crippen LogP contribution in [-0.2, 0) is 19.5 Å². The molecule has 0 unspecified atom stereocenters. The van der Waals surface area contributed by atoms with Gasteiger partial charge in [-0.1, -0.05) is 48.5 Å². The average Bonchev–Trinajstić information content (AvgIpc) is 2.65. The van der Waals surface area contributed by atoms with E-state index in [0.29, 0.717) is 12.4 Å². The maximum Gasteiger partial charge on any atom is 0.254 e. The summed E-state index contributed by atoms with van der Waals surface area (Å²) >= 11 is 0. The maximum atomic E-state index is 12.5. The third-order valence-electron chi connectivity index (χ3n) is 5.18.